The molecule has 100 valence electrons. The Morgan fingerprint density at radius 3 is 1.59 bits per heavy atom. The van der Waals surface area contributed by atoms with Gasteiger partial charge in [-0.1, -0.05) is 41.5 Å². The van der Waals surface area contributed by atoms with Crippen molar-refractivity contribution in [3.8, 4) is 0 Å². The number of hydrogen-bond donors (Lipinski definition) is 0. The molecule has 2 nitrogen and oxygen atoms in total. The zero-order valence-corrected chi connectivity index (χ0v) is 12.8. The van der Waals surface area contributed by atoms with Gasteiger partial charge in [0, 0.05) is 17.0 Å². The fraction of sp³-hybridized carbons (Fsp3) is 0.933. The van der Waals surface area contributed by atoms with Gasteiger partial charge in [-0.05, 0) is 32.1 Å². The number of hydrogen-bond acceptors (Lipinski definition) is 1. The molecule has 0 aliphatic heterocycles. The molecule has 0 unspecified atom stereocenters. The molecule has 0 heterocycles. The minimum atomic E-state index is -0.287. The second kappa shape index (κ2) is 4.00. The first-order chi connectivity index (χ1) is 7.39. The summed E-state index contributed by atoms with van der Waals surface area (Å²) >= 11 is 0. The molecule has 1 amide bonds. The van der Waals surface area contributed by atoms with Crippen LogP contribution in [0.15, 0.2) is 0 Å². The summed E-state index contributed by atoms with van der Waals surface area (Å²) in [6.45, 7) is 17.1. The summed E-state index contributed by atoms with van der Waals surface area (Å²) < 4.78 is 0. The summed E-state index contributed by atoms with van der Waals surface area (Å²) in [5, 5.41) is 0. The van der Waals surface area contributed by atoms with Crippen molar-refractivity contribution in [3.63, 3.8) is 0 Å². The van der Waals surface area contributed by atoms with Crippen LogP contribution in [0, 0.1) is 10.8 Å². The fourth-order valence-corrected chi connectivity index (χ4v) is 1.93. The summed E-state index contributed by atoms with van der Waals surface area (Å²) in [4.78, 5) is 14.8. The van der Waals surface area contributed by atoms with Crippen LogP contribution in [0.2, 0.25) is 0 Å². The summed E-state index contributed by atoms with van der Waals surface area (Å²) in [5.74, 6) is 0.292. The van der Waals surface area contributed by atoms with Gasteiger partial charge in [-0.3, -0.25) is 4.79 Å². The number of rotatable bonds is 2. The van der Waals surface area contributed by atoms with Crippen LogP contribution < -0.4 is 0 Å². The monoisotopic (exact) mass is 239 g/mol. The highest BCUT2D eigenvalue weighted by Gasteiger charge is 2.49. The maximum Gasteiger partial charge on any atom is 0.228 e. The van der Waals surface area contributed by atoms with Crippen LogP contribution in [0.1, 0.15) is 68.2 Å². The predicted octanol–water partition coefficient (Wildman–Crippen LogP) is 3.85. The molecule has 0 atom stereocenters. The topological polar surface area (TPSA) is 20.3 Å². The number of nitrogens with zero attached hydrogens (tertiary/aromatic N) is 1. The lowest BCUT2D eigenvalue weighted by molar-refractivity contribution is -0.150. The van der Waals surface area contributed by atoms with Crippen LogP contribution in [-0.4, -0.2) is 22.4 Å². The Bertz CT molecular complexity index is 300. The molecule has 1 saturated carbocycles. The largest absolute Gasteiger partial charge is 0.334 e. The summed E-state index contributed by atoms with van der Waals surface area (Å²) in [7, 11) is 0. The van der Waals surface area contributed by atoms with E-state index < -0.39 is 0 Å². The molecule has 0 aromatic heterocycles. The van der Waals surface area contributed by atoms with Gasteiger partial charge in [-0.2, -0.15) is 0 Å². The van der Waals surface area contributed by atoms with Crippen molar-refractivity contribution in [2.24, 2.45) is 10.8 Å². The summed E-state index contributed by atoms with van der Waals surface area (Å²) in [6.07, 6.45) is 2.34. The Hall–Kier alpha value is -0.530. The van der Waals surface area contributed by atoms with Crippen molar-refractivity contribution in [3.05, 3.63) is 0 Å². The van der Waals surface area contributed by atoms with Crippen molar-refractivity contribution in [1.82, 2.24) is 4.90 Å². The zero-order valence-electron chi connectivity index (χ0n) is 12.8. The normalized spacial score (nSPS) is 18.1. The SMILES string of the molecule is CC(C)(C)C(=O)N(C1CC1)C(C)(C)C(C)(C)C. The number of amides is 1. The second-order valence-electron chi connectivity index (χ2n) is 7.97. The van der Waals surface area contributed by atoms with Crippen molar-refractivity contribution in [1.29, 1.82) is 0 Å². The van der Waals surface area contributed by atoms with Gasteiger partial charge >= 0.3 is 0 Å². The van der Waals surface area contributed by atoms with E-state index in [0.29, 0.717) is 11.9 Å². The minimum Gasteiger partial charge on any atom is -0.334 e. The molecule has 2 heteroatoms. The summed E-state index contributed by atoms with van der Waals surface area (Å²) in [5.41, 5.74) is -0.292. The number of carbonyl (C=O) groups is 1. The van der Waals surface area contributed by atoms with Gasteiger partial charge in [0.15, 0.2) is 0 Å². The van der Waals surface area contributed by atoms with Crippen LogP contribution in [0.25, 0.3) is 0 Å². The van der Waals surface area contributed by atoms with Crippen LogP contribution in [-0.2, 0) is 4.79 Å². The van der Waals surface area contributed by atoms with E-state index in [0.717, 1.165) is 0 Å². The molecular weight excluding hydrogens is 210 g/mol. The fourth-order valence-electron chi connectivity index (χ4n) is 1.93. The van der Waals surface area contributed by atoms with Crippen LogP contribution >= 0.6 is 0 Å². The van der Waals surface area contributed by atoms with Gasteiger partial charge < -0.3 is 4.90 Å². The molecule has 1 aliphatic carbocycles. The van der Waals surface area contributed by atoms with Crippen molar-refractivity contribution < 1.29 is 4.79 Å². The molecule has 0 aromatic carbocycles. The molecule has 0 bridgehead atoms. The van der Waals surface area contributed by atoms with Gasteiger partial charge in [0.2, 0.25) is 5.91 Å². The van der Waals surface area contributed by atoms with Gasteiger partial charge in [0.25, 0.3) is 0 Å². The molecule has 1 rings (SSSR count). The molecule has 0 aromatic rings. The standard InChI is InChI=1S/C15H29NO/c1-13(2,3)12(17)16(11-9-10-11)15(7,8)14(4,5)6/h11H,9-10H2,1-8H3. The lowest BCUT2D eigenvalue weighted by Crippen LogP contribution is -2.58. The Balaban J connectivity index is 3.07. The smallest absolute Gasteiger partial charge is 0.228 e. The Morgan fingerprint density at radius 1 is 0.941 bits per heavy atom. The molecule has 0 spiro atoms. The van der Waals surface area contributed by atoms with Crippen LogP contribution in [0.4, 0.5) is 0 Å². The molecule has 0 radical (unpaired) electrons. The van der Waals surface area contributed by atoms with E-state index in [9.17, 15) is 4.79 Å². The Labute approximate surface area is 107 Å². The van der Waals surface area contributed by atoms with Crippen molar-refractivity contribution in [2.45, 2.75) is 79.8 Å². The lowest BCUT2D eigenvalue weighted by Gasteiger charge is -2.50. The third kappa shape index (κ3) is 2.83. The first-order valence-electron chi connectivity index (χ1n) is 6.73. The molecule has 0 saturated heterocycles. The molecule has 1 fully saturated rings. The molecule has 0 N–H and O–H groups in total. The van der Waals surface area contributed by atoms with Crippen molar-refractivity contribution >= 4 is 5.91 Å². The third-order valence-corrected chi connectivity index (χ3v) is 4.21. The highest BCUT2D eigenvalue weighted by Crippen LogP contribution is 2.43. The average molecular weight is 239 g/mol. The van der Waals surface area contributed by atoms with E-state index in [-0.39, 0.29) is 16.4 Å². The molecule has 17 heavy (non-hydrogen) atoms. The molecular formula is C15H29NO. The predicted molar refractivity (Wildman–Crippen MR) is 72.9 cm³/mol. The van der Waals surface area contributed by atoms with Crippen molar-refractivity contribution in [2.75, 3.05) is 0 Å². The first kappa shape index (κ1) is 14.5. The van der Waals surface area contributed by atoms with Gasteiger partial charge in [0.1, 0.15) is 0 Å². The van der Waals surface area contributed by atoms with Crippen LogP contribution in [0.3, 0.4) is 0 Å². The highest BCUT2D eigenvalue weighted by molar-refractivity contribution is 5.83. The second-order valence-corrected chi connectivity index (χ2v) is 7.97. The Morgan fingerprint density at radius 2 is 1.35 bits per heavy atom. The zero-order chi connectivity index (χ0) is 13.6. The van der Waals surface area contributed by atoms with E-state index >= 15 is 0 Å². The highest BCUT2D eigenvalue weighted by atomic mass is 16.2. The quantitative estimate of drug-likeness (QED) is 0.717. The molecule has 1 aliphatic rings. The Kier molecular flexibility index (Phi) is 3.42. The average Bonchev–Trinajstić information content (AvgIpc) is 2.83. The van der Waals surface area contributed by atoms with E-state index in [1.165, 1.54) is 12.8 Å². The third-order valence-electron chi connectivity index (χ3n) is 4.21. The summed E-state index contributed by atoms with van der Waals surface area (Å²) in [6, 6.07) is 0.468. The number of carbonyl (C=O) groups excluding carboxylic acids is 1. The maximum atomic E-state index is 12.7. The van der Waals surface area contributed by atoms with E-state index in [2.05, 4.69) is 39.5 Å². The van der Waals surface area contributed by atoms with Crippen LogP contribution in [0.5, 0.6) is 0 Å². The van der Waals surface area contributed by atoms with E-state index in [4.69, 9.17) is 0 Å². The van der Waals surface area contributed by atoms with Gasteiger partial charge in [0.05, 0.1) is 0 Å². The van der Waals surface area contributed by atoms with E-state index in [1.807, 2.05) is 20.8 Å². The maximum absolute atomic E-state index is 12.7. The lowest BCUT2D eigenvalue weighted by atomic mass is 9.74. The van der Waals surface area contributed by atoms with Gasteiger partial charge in [-0.15, -0.1) is 0 Å². The van der Waals surface area contributed by atoms with E-state index in [1.54, 1.807) is 0 Å². The first-order valence-corrected chi connectivity index (χ1v) is 6.73. The minimum absolute atomic E-state index is 0.0938. The van der Waals surface area contributed by atoms with Gasteiger partial charge in [-0.25, -0.2) is 0 Å².